The van der Waals surface area contributed by atoms with Gasteiger partial charge in [0.2, 0.25) is 11.8 Å². The van der Waals surface area contributed by atoms with Crippen molar-refractivity contribution >= 4 is 23.2 Å². The minimum atomic E-state index is 0.0806. The molecular weight excluding hydrogens is 322 g/mol. The molecule has 0 spiro atoms. The molecule has 2 heterocycles. The predicted molar refractivity (Wildman–Crippen MR) is 97.1 cm³/mol. The molecule has 0 radical (unpaired) electrons. The molecule has 1 saturated heterocycles. The lowest BCUT2D eigenvalue weighted by atomic mass is 9.97. The van der Waals surface area contributed by atoms with Gasteiger partial charge in [0.1, 0.15) is 0 Å². The van der Waals surface area contributed by atoms with Crippen LogP contribution < -0.4 is 5.32 Å². The SMILES string of the molecule is CCC(=O)NCCc1csc([C@H]2CCCN(C(=O)CC(C)C)C2)n1. The third-order valence-electron chi connectivity index (χ3n) is 4.30. The summed E-state index contributed by atoms with van der Waals surface area (Å²) in [7, 11) is 0. The molecule has 134 valence electrons. The fourth-order valence-corrected chi connectivity index (χ4v) is 3.95. The number of thiazole rings is 1. The maximum Gasteiger partial charge on any atom is 0.222 e. The number of likely N-dealkylation sites (tertiary alicyclic amines) is 1. The highest BCUT2D eigenvalue weighted by atomic mass is 32.1. The number of rotatable bonds is 7. The smallest absolute Gasteiger partial charge is 0.222 e. The monoisotopic (exact) mass is 351 g/mol. The Labute approximate surface area is 148 Å². The Kier molecular flexibility index (Phi) is 7.21. The molecule has 1 atom stereocenters. The number of hydrogen-bond donors (Lipinski definition) is 1. The number of nitrogens with zero attached hydrogens (tertiary/aromatic N) is 2. The van der Waals surface area contributed by atoms with Crippen LogP contribution in [-0.4, -0.2) is 41.3 Å². The molecule has 1 fully saturated rings. The highest BCUT2D eigenvalue weighted by molar-refractivity contribution is 7.09. The van der Waals surface area contributed by atoms with Crippen molar-refractivity contribution in [2.24, 2.45) is 5.92 Å². The molecule has 0 aliphatic carbocycles. The molecule has 0 saturated carbocycles. The first-order valence-electron chi connectivity index (χ1n) is 8.98. The van der Waals surface area contributed by atoms with Gasteiger partial charge in [-0.3, -0.25) is 9.59 Å². The predicted octanol–water partition coefficient (Wildman–Crippen LogP) is 2.96. The lowest BCUT2D eigenvalue weighted by Gasteiger charge is -2.32. The first kappa shape index (κ1) is 18.9. The van der Waals surface area contributed by atoms with Gasteiger partial charge in [-0.15, -0.1) is 11.3 Å². The Balaban J connectivity index is 1.87. The molecule has 1 N–H and O–H groups in total. The normalized spacial score (nSPS) is 18.0. The Morgan fingerprint density at radius 2 is 2.25 bits per heavy atom. The van der Waals surface area contributed by atoms with Gasteiger partial charge in [0.25, 0.3) is 0 Å². The molecular formula is C18H29N3O2S. The van der Waals surface area contributed by atoms with Gasteiger partial charge in [-0.05, 0) is 18.8 Å². The Morgan fingerprint density at radius 3 is 2.96 bits per heavy atom. The lowest BCUT2D eigenvalue weighted by Crippen LogP contribution is -2.39. The van der Waals surface area contributed by atoms with E-state index in [1.54, 1.807) is 11.3 Å². The van der Waals surface area contributed by atoms with E-state index in [0.29, 0.717) is 31.2 Å². The topological polar surface area (TPSA) is 62.3 Å². The van der Waals surface area contributed by atoms with Crippen molar-refractivity contribution < 1.29 is 9.59 Å². The standard InChI is InChI=1S/C18H29N3O2S/c1-4-16(22)19-8-7-15-12-24-18(20-15)14-6-5-9-21(11-14)17(23)10-13(2)3/h12-14H,4-11H2,1-3H3,(H,19,22)/t14-/m0/s1. The zero-order chi connectivity index (χ0) is 17.5. The molecule has 6 heteroatoms. The van der Waals surface area contributed by atoms with E-state index in [4.69, 9.17) is 4.98 Å². The number of hydrogen-bond acceptors (Lipinski definition) is 4. The van der Waals surface area contributed by atoms with Crippen molar-refractivity contribution in [3.05, 3.63) is 16.1 Å². The van der Waals surface area contributed by atoms with Crippen LogP contribution in [0.3, 0.4) is 0 Å². The van der Waals surface area contributed by atoms with Crippen molar-refractivity contribution in [2.75, 3.05) is 19.6 Å². The van der Waals surface area contributed by atoms with E-state index in [0.717, 1.165) is 43.1 Å². The molecule has 0 unspecified atom stereocenters. The van der Waals surface area contributed by atoms with E-state index in [1.165, 1.54) is 0 Å². The third-order valence-corrected chi connectivity index (χ3v) is 5.36. The largest absolute Gasteiger partial charge is 0.356 e. The maximum atomic E-state index is 12.3. The molecule has 5 nitrogen and oxygen atoms in total. The van der Waals surface area contributed by atoms with Crippen LogP contribution in [0.1, 0.15) is 63.1 Å². The molecule has 0 bridgehead atoms. The average Bonchev–Trinajstić information content (AvgIpc) is 3.03. The van der Waals surface area contributed by atoms with Crippen LogP contribution in [0.25, 0.3) is 0 Å². The summed E-state index contributed by atoms with van der Waals surface area (Å²) in [6.07, 6.45) is 4.07. The van der Waals surface area contributed by atoms with Gasteiger partial charge in [-0.1, -0.05) is 20.8 Å². The number of aromatic nitrogens is 1. The van der Waals surface area contributed by atoms with Gasteiger partial charge in [-0.2, -0.15) is 0 Å². The van der Waals surface area contributed by atoms with E-state index in [-0.39, 0.29) is 11.8 Å². The van der Waals surface area contributed by atoms with Gasteiger partial charge in [-0.25, -0.2) is 4.98 Å². The van der Waals surface area contributed by atoms with Crippen LogP contribution >= 0.6 is 11.3 Å². The number of carbonyl (C=O) groups excluding carboxylic acids is 2. The van der Waals surface area contributed by atoms with Gasteiger partial charge in [0.05, 0.1) is 10.7 Å². The van der Waals surface area contributed by atoms with Crippen LogP contribution in [0.15, 0.2) is 5.38 Å². The summed E-state index contributed by atoms with van der Waals surface area (Å²) in [4.78, 5) is 30.3. The summed E-state index contributed by atoms with van der Waals surface area (Å²) >= 11 is 1.69. The van der Waals surface area contributed by atoms with Crippen LogP contribution in [0.5, 0.6) is 0 Å². The van der Waals surface area contributed by atoms with Crippen molar-refractivity contribution in [1.82, 2.24) is 15.2 Å². The van der Waals surface area contributed by atoms with E-state index >= 15 is 0 Å². The zero-order valence-corrected chi connectivity index (χ0v) is 15.8. The molecule has 1 aromatic rings. The zero-order valence-electron chi connectivity index (χ0n) is 15.0. The summed E-state index contributed by atoms with van der Waals surface area (Å²) < 4.78 is 0. The summed E-state index contributed by atoms with van der Waals surface area (Å²) in [5.41, 5.74) is 1.04. The maximum absolute atomic E-state index is 12.3. The number of carbonyl (C=O) groups is 2. The van der Waals surface area contributed by atoms with E-state index in [9.17, 15) is 9.59 Å². The molecule has 1 aliphatic rings. The second-order valence-electron chi connectivity index (χ2n) is 6.91. The van der Waals surface area contributed by atoms with Gasteiger partial charge >= 0.3 is 0 Å². The highest BCUT2D eigenvalue weighted by Crippen LogP contribution is 2.29. The van der Waals surface area contributed by atoms with Crippen molar-refractivity contribution in [2.45, 2.75) is 58.8 Å². The van der Waals surface area contributed by atoms with Crippen molar-refractivity contribution in [3.8, 4) is 0 Å². The molecule has 1 aliphatic heterocycles. The Morgan fingerprint density at radius 1 is 1.46 bits per heavy atom. The minimum Gasteiger partial charge on any atom is -0.356 e. The first-order valence-corrected chi connectivity index (χ1v) is 9.86. The second kappa shape index (κ2) is 9.16. The number of piperidine rings is 1. The first-order chi connectivity index (χ1) is 11.5. The fourth-order valence-electron chi connectivity index (χ4n) is 2.96. The summed E-state index contributed by atoms with van der Waals surface area (Å²) in [5.74, 6) is 1.12. The lowest BCUT2D eigenvalue weighted by molar-refractivity contribution is -0.133. The third kappa shape index (κ3) is 5.58. The minimum absolute atomic E-state index is 0.0806. The van der Waals surface area contributed by atoms with Crippen LogP contribution in [0.4, 0.5) is 0 Å². The molecule has 2 rings (SSSR count). The number of amides is 2. The molecule has 2 amide bonds. The summed E-state index contributed by atoms with van der Waals surface area (Å²) in [5, 5.41) is 6.10. The van der Waals surface area contributed by atoms with Crippen LogP contribution in [0.2, 0.25) is 0 Å². The van der Waals surface area contributed by atoms with Crippen LogP contribution in [0, 0.1) is 5.92 Å². The van der Waals surface area contributed by atoms with E-state index in [1.807, 2.05) is 11.8 Å². The quantitative estimate of drug-likeness (QED) is 0.821. The summed E-state index contributed by atoms with van der Waals surface area (Å²) in [6, 6.07) is 0. The van der Waals surface area contributed by atoms with Gasteiger partial charge in [0, 0.05) is 50.2 Å². The van der Waals surface area contributed by atoms with E-state index in [2.05, 4.69) is 24.5 Å². The van der Waals surface area contributed by atoms with Gasteiger partial charge in [0.15, 0.2) is 0 Å². The Bertz CT molecular complexity index is 556. The Hall–Kier alpha value is -1.43. The van der Waals surface area contributed by atoms with Crippen molar-refractivity contribution in [1.29, 1.82) is 0 Å². The highest BCUT2D eigenvalue weighted by Gasteiger charge is 2.26. The second-order valence-corrected chi connectivity index (χ2v) is 7.80. The number of nitrogens with one attached hydrogen (secondary N) is 1. The van der Waals surface area contributed by atoms with Gasteiger partial charge < -0.3 is 10.2 Å². The van der Waals surface area contributed by atoms with Crippen molar-refractivity contribution in [3.63, 3.8) is 0 Å². The molecule has 0 aromatic carbocycles. The fraction of sp³-hybridized carbons (Fsp3) is 0.722. The molecule has 24 heavy (non-hydrogen) atoms. The van der Waals surface area contributed by atoms with Crippen LogP contribution in [-0.2, 0) is 16.0 Å². The average molecular weight is 352 g/mol. The van der Waals surface area contributed by atoms with E-state index < -0.39 is 0 Å². The summed E-state index contributed by atoms with van der Waals surface area (Å²) in [6.45, 7) is 8.34. The molecule has 1 aromatic heterocycles.